The number of allylic oxidation sites excluding steroid dienone is 1. The standard InChI is InChI=1S/C21H21ClN2O4/c1-14-18(20(25)28-13-12-27-17-6-4-3-5-7-17)19(23-21(26)24(14)2)15-8-10-16(22)11-9-15/h3-11,19H,12-13H2,1-2H3,(H,23,26). The molecule has 0 fully saturated rings. The fraction of sp³-hybridized carbons (Fsp3) is 0.238. The van der Waals surface area contributed by atoms with Crippen molar-refractivity contribution in [1.82, 2.24) is 10.2 Å². The number of urea groups is 1. The van der Waals surface area contributed by atoms with Crippen molar-refractivity contribution in [3.8, 4) is 5.75 Å². The lowest BCUT2D eigenvalue weighted by Crippen LogP contribution is -2.46. The van der Waals surface area contributed by atoms with Crippen LogP contribution in [-0.2, 0) is 9.53 Å². The highest BCUT2D eigenvalue weighted by Crippen LogP contribution is 2.31. The summed E-state index contributed by atoms with van der Waals surface area (Å²) in [4.78, 5) is 26.4. The first-order chi connectivity index (χ1) is 13.5. The molecule has 0 aromatic heterocycles. The number of rotatable bonds is 6. The Kier molecular flexibility index (Phi) is 6.21. The van der Waals surface area contributed by atoms with Crippen LogP contribution in [0.3, 0.4) is 0 Å². The van der Waals surface area contributed by atoms with Crippen molar-refractivity contribution in [2.75, 3.05) is 20.3 Å². The predicted molar refractivity (Wildman–Crippen MR) is 106 cm³/mol. The van der Waals surface area contributed by atoms with Crippen LogP contribution >= 0.6 is 11.6 Å². The molecule has 3 rings (SSSR count). The van der Waals surface area contributed by atoms with Crippen LogP contribution in [0.25, 0.3) is 0 Å². The monoisotopic (exact) mass is 400 g/mol. The number of benzene rings is 2. The molecule has 1 unspecified atom stereocenters. The van der Waals surface area contributed by atoms with Gasteiger partial charge in [0.1, 0.15) is 19.0 Å². The van der Waals surface area contributed by atoms with Gasteiger partial charge in [-0.15, -0.1) is 0 Å². The first-order valence-electron chi connectivity index (χ1n) is 8.83. The first-order valence-corrected chi connectivity index (χ1v) is 9.20. The van der Waals surface area contributed by atoms with Crippen LogP contribution in [0.2, 0.25) is 5.02 Å². The average molecular weight is 401 g/mol. The maximum atomic E-state index is 12.8. The number of ether oxygens (including phenoxy) is 2. The van der Waals surface area contributed by atoms with Crippen LogP contribution in [0.15, 0.2) is 65.9 Å². The molecule has 1 atom stereocenters. The Morgan fingerprint density at radius 1 is 1.11 bits per heavy atom. The molecule has 7 heteroatoms. The van der Waals surface area contributed by atoms with E-state index >= 15 is 0 Å². The summed E-state index contributed by atoms with van der Waals surface area (Å²) in [5, 5.41) is 3.41. The zero-order valence-electron chi connectivity index (χ0n) is 15.6. The number of nitrogens with zero attached hydrogens (tertiary/aromatic N) is 1. The molecule has 1 N–H and O–H groups in total. The summed E-state index contributed by atoms with van der Waals surface area (Å²) in [6.45, 7) is 2.05. The summed E-state index contributed by atoms with van der Waals surface area (Å²) in [6.07, 6.45) is 0. The number of amides is 2. The van der Waals surface area contributed by atoms with Gasteiger partial charge in [0.05, 0.1) is 11.6 Å². The largest absolute Gasteiger partial charge is 0.490 e. The number of hydrogen-bond donors (Lipinski definition) is 1. The van der Waals surface area contributed by atoms with E-state index in [1.54, 1.807) is 38.2 Å². The lowest BCUT2D eigenvalue weighted by molar-refractivity contribution is -0.140. The average Bonchev–Trinajstić information content (AvgIpc) is 2.70. The molecule has 0 saturated heterocycles. The molecule has 2 aromatic rings. The highest BCUT2D eigenvalue weighted by molar-refractivity contribution is 6.30. The van der Waals surface area contributed by atoms with E-state index in [0.717, 1.165) is 5.56 Å². The van der Waals surface area contributed by atoms with Gasteiger partial charge >= 0.3 is 12.0 Å². The number of carbonyl (C=O) groups is 2. The maximum Gasteiger partial charge on any atom is 0.338 e. The van der Waals surface area contributed by atoms with Gasteiger partial charge in [0.15, 0.2) is 0 Å². The third-order valence-corrected chi connectivity index (χ3v) is 4.76. The van der Waals surface area contributed by atoms with E-state index in [1.165, 1.54) is 4.90 Å². The normalized spacial score (nSPS) is 16.6. The Bertz CT molecular complexity index is 881. The van der Waals surface area contributed by atoms with Crippen molar-refractivity contribution in [2.45, 2.75) is 13.0 Å². The number of esters is 1. The molecule has 28 heavy (non-hydrogen) atoms. The van der Waals surface area contributed by atoms with Crippen molar-refractivity contribution in [3.63, 3.8) is 0 Å². The minimum Gasteiger partial charge on any atom is -0.490 e. The van der Waals surface area contributed by atoms with E-state index in [2.05, 4.69) is 5.32 Å². The second-order valence-corrected chi connectivity index (χ2v) is 6.73. The number of hydrogen-bond acceptors (Lipinski definition) is 4. The number of nitrogens with one attached hydrogen (secondary N) is 1. The van der Waals surface area contributed by atoms with E-state index in [-0.39, 0.29) is 19.2 Å². The van der Waals surface area contributed by atoms with Gasteiger partial charge in [-0.05, 0) is 36.8 Å². The number of halogens is 1. The Morgan fingerprint density at radius 2 is 1.79 bits per heavy atom. The molecule has 2 aromatic carbocycles. The second-order valence-electron chi connectivity index (χ2n) is 6.29. The van der Waals surface area contributed by atoms with Crippen molar-refractivity contribution < 1.29 is 19.1 Å². The third-order valence-electron chi connectivity index (χ3n) is 4.51. The SMILES string of the molecule is CC1=C(C(=O)OCCOc2ccccc2)C(c2ccc(Cl)cc2)NC(=O)N1C. The molecular weight excluding hydrogens is 380 g/mol. The highest BCUT2D eigenvalue weighted by Gasteiger charge is 2.34. The summed E-state index contributed by atoms with van der Waals surface area (Å²) in [5.74, 6) is 0.207. The molecule has 0 spiro atoms. The number of carbonyl (C=O) groups excluding carboxylic acids is 2. The van der Waals surface area contributed by atoms with E-state index in [4.69, 9.17) is 21.1 Å². The van der Waals surface area contributed by atoms with E-state index in [9.17, 15) is 9.59 Å². The van der Waals surface area contributed by atoms with Gasteiger partial charge in [-0.25, -0.2) is 9.59 Å². The highest BCUT2D eigenvalue weighted by atomic mass is 35.5. The quantitative estimate of drug-likeness (QED) is 0.589. The van der Waals surface area contributed by atoms with Gasteiger partial charge in [-0.3, -0.25) is 0 Å². The molecular formula is C21H21ClN2O4. The van der Waals surface area contributed by atoms with E-state index in [0.29, 0.717) is 22.0 Å². The van der Waals surface area contributed by atoms with Gasteiger partial charge in [-0.1, -0.05) is 41.9 Å². The molecule has 1 aliphatic heterocycles. The molecule has 0 aliphatic carbocycles. The zero-order valence-corrected chi connectivity index (χ0v) is 16.4. The molecule has 0 radical (unpaired) electrons. The van der Waals surface area contributed by atoms with Crippen LogP contribution in [0.5, 0.6) is 5.75 Å². The van der Waals surface area contributed by atoms with Gasteiger partial charge in [0, 0.05) is 17.8 Å². The minimum atomic E-state index is -0.608. The Morgan fingerprint density at radius 3 is 2.46 bits per heavy atom. The number of para-hydroxylation sites is 1. The van der Waals surface area contributed by atoms with Gasteiger partial charge in [0.2, 0.25) is 0 Å². The summed E-state index contributed by atoms with van der Waals surface area (Å²) in [7, 11) is 1.61. The molecule has 6 nitrogen and oxygen atoms in total. The fourth-order valence-corrected chi connectivity index (χ4v) is 3.02. The molecule has 1 heterocycles. The van der Waals surface area contributed by atoms with Gasteiger partial charge in [-0.2, -0.15) is 0 Å². The second kappa shape index (κ2) is 8.80. The summed E-state index contributed by atoms with van der Waals surface area (Å²) >= 11 is 5.95. The predicted octanol–water partition coefficient (Wildman–Crippen LogP) is 3.93. The summed E-state index contributed by atoms with van der Waals surface area (Å²) in [6, 6.07) is 15.4. The van der Waals surface area contributed by atoms with Crippen molar-refractivity contribution in [3.05, 3.63) is 76.5 Å². The Balaban J connectivity index is 1.72. The molecule has 0 bridgehead atoms. The minimum absolute atomic E-state index is 0.0928. The van der Waals surface area contributed by atoms with Crippen LogP contribution in [0, 0.1) is 0 Å². The Hall–Kier alpha value is -2.99. The van der Waals surface area contributed by atoms with E-state index in [1.807, 2.05) is 30.3 Å². The fourth-order valence-electron chi connectivity index (χ4n) is 2.89. The van der Waals surface area contributed by atoms with Crippen LogP contribution < -0.4 is 10.1 Å². The third kappa shape index (κ3) is 4.46. The van der Waals surface area contributed by atoms with Gasteiger partial charge in [0.25, 0.3) is 0 Å². The van der Waals surface area contributed by atoms with Crippen LogP contribution in [0.1, 0.15) is 18.5 Å². The van der Waals surface area contributed by atoms with Crippen molar-refractivity contribution in [2.24, 2.45) is 0 Å². The van der Waals surface area contributed by atoms with Crippen LogP contribution in [0.4, 0.5) is 4.79 Å². The lowest BCUT2D eigenvalue weighted by Gasteiger charge is -2.33. The zero-order chi connectivity index (χ0) is 20.1. The van der Waals surface area contributed by atoms with E-state index < -0.39 is 12.0 Å². The molecule has 1 aliphatic rings. The first kappa shape index (κ1) is 19.8. The Labute approximate surface area is 168 Å². The smallest absolute Gasteiger partial charge is 0.338 e. The summed E-state index contributed by atoms with van der Waals surface area (Å²) in [5.41, 5.74) is 1.67. The molecule has 146 valence electrons. The maximum absolute atomic E-state index is 12.8. The van der Waals surface area contributed by atoms with Crippen molar-refractivity contribution >= 4 is 23.6 Å². The van der Waals surface area contributed by atoms with Crippen molar-refractivity contribution in [1.29, 1.82) is 0 Å². The van der Waals surface area contributed by atoms with Gasteiger partial charge < -0.3 is 19.7 Å². The lowest BCUT2D eigenvalue weighted by atomic mass is 9.95. The topological polar surface area (TPSA) is 67.9 Å². The molecule has 2 amide bonds. The summed E-state index contributed by atoms with van der Waals surface area (Å²) < 4.78 is 11.0. The molecule has 0 saturated carbocycles. The van der Waals surface area contributed by atoms with Crippen LogP contribution in [-0.4, -0.2) is 37.2 Å².